The van der Waals surface area contributed by atoms with Gasteiger partial charge < -0.3 is 5.11 Å². The van der Waals surface area contributed by atoms with Crippen molar-refractivity contribution in [3.05, 3.63) is 35.4 Å². The average Bonchev–Trinajstić information content (AvgIpc) is 2.16. The van der Waals surface area contributed by atoms with E-state index in [9.17, 15) is 9.59 Å². The lowest BCUT2D eigenvalue weighted by molar-refractivity contribution is -0.124. The maximum Gasteiger partial charge on any atom is 0.335 e. The Morgan fingerprint density at radius 2 is 1.94 bits per heavy atom. The summed E-state index contributed by atoms with van der Waals surface area (Å²) in [6, 6.07) is 6.47. The van der Waals surface area contributed by atoms with Crippen LogP contribution in [0.1, 0.15) is 15.9 Å². The molecule has 0 saturated carbocycles. The first kappa shape index (κ1) is 12.2. The van der Waals surface area contributed by atoms with Crippen LogP contribution in [0.2, 0.25) is 0 Å². The van der Waals surface area contributed by atoms with Gasteiger partial charge in [-0.15, -0.1) is 0 Å². The topological polar surface area (TPSA) is 69.6 Å². The van der Waals surface area contributed by atoms with E-state index in [1.807, 2.05) is 0 Å². The Morgan fingerprint density at radius 3 is 2.50 bits per heavy atom. The lowest BCUT2D eigenvalue weighted by Gasteiger charge is -2.12. The van der Waals surface area contributed by atoms with Gasteiger partial charge in [-0.25, -0.2) is 9.80 Å². The van der Waals surface area contributed by atoms with E-state index in [0.717, 1.165) is 0 Å². The number of carboxylic acid groups (broad SMARTS) is 1. The van der Waals surface area contributed by atoms with Crippen LogP contribution in [0, 0.1) is 0 Å². The molecular weight excluding hydrogens is 208 g/mol. The maximum atomic E-state index is 11.5. The molecule has 5 nitrogen and oxygen atoms in total. The SMILES string of the molecule is CN(C)NC(=O)Cc1ccccc1C(=O)O. The van der Waals surface area contributed by atoms with Crippen LogP contribution in [0.15, 0.2) is 24.3 Å². The molecule has 86 valence electrons. The number of carboxylic acids is 1. The summed E-state index contributed by atoms with van der Waals surface area (Å²) in [6.45, 7) is 0. The van der Waals surface area contributed by atoms with Gasteiger partial charge in [0.15, 0.2) is 0 Å². The molecule has 0 atom stereocenters. The fourth-order valence-electron chi connectivity index (χ4n) is 1.35. The molecule has 0 bridgehead atoms. The standard InChI is InChI=1S/C11H14N2O3/c1-13(2)12-10(14)7-8-5-3-4-6-9(8)11(15)16/h3-6H,7H2,1-2H3,(H,12,14)(H,15,16). The van der Waals surface area contributed by atoms with Crippen molar-refractivity contribution in [1.29, 1.82) is 0 Å². The van der Waals surface area contributed by atoms with Gasteiger partial charge >= 0.3 is 5.97 Å². The van der Waals surface area contributed by atoms with Crippen LogP contribution in [0.3, 0.4) is 0 Å². The monoisotopic (exact) mass is 222 g/mol. The van der Waals surface area contributed by atoms with Crippen LogP contribution >= 0.6 is 0 Å². The Balaban J connectivity index is 2.81. The number of hydrogen-bond donors (Lipinski definition) is 2. The highest BCUT2D eigenvalue weighted by atomic mass is 16.4. The summed E-state index contributed by atoms with van der Waals surface area (Å²) in [7, 11) is 3.39. The Bertz CT molecular complexity index is 402. The van der Waals surface area contributed by atoms with Crippen LogP contribution in [0.4, 0.5) is 0 Å². The molecule has 1 amide bonds. The van der Waals surface area contributed by atoms with Gasteiger partial charge in [0.2, 0.25) is 5.91 Å². The van der Waals surface area contributed by atoms with E-state index in [1.165, 1.54) is 11.1 Å². The van der Waals surface area contributed by atoms with E-state index in [4.69, 9.17) is 5.11 Å². The number of nitrogens with zero attached hydrogens (tertiary/aromatic N) is 1. The third-order valence-electron chi connectivity index (χ3n) is 1.95. The van der Waals surface area contributed by atoms with E-state index in [-0.39, 0.29) is 17.9 Å². The number of carbonyl (C=O) groups excluding carboxylic acids is 1. The first-order valence-corrected chi connectivity index (χ1v) is 4.78. The second-order valence-electron chi connectivity index (χ2n) is 3.57. The minimum Gasteiger partial charge on any atom is -0.478 e. The van der Waals surface area contributed by atoms with Gasteiger partial charge in [0.25, 0.3) is 0 Å². The molecule has 0 unspecified atom stereocenters. The smallest absolute Gasteiger partial charge is 0.335 e. The van der Waals surface area contributed by atoms with Crippen LogP contribution in [-0.2, 0) is 11.2 Å². The molecule has 0 heterocycles. The average molecular weight is 222 g/mol. The molecule has 0 aromatic heterocycles. The maximum absolute atomic E-state index is 11.5. The van der Waals surface area contributed by atoms with Gasteiger partial charge in [-0.2, -0.15) is 0 Å². The van der Waals surface area contributed by atoms with Crippen molar-refractivity contribution in [3.63, 3.8) is 0 Å². The van der Waals surface area contributed by atoms with Crippen molar-refractivity contribution in [2.45, 2.75) is 6.42 Å². The van der Waals surface area contributed by atoms with Crippen molar-refractivity contribution in [2.24, 2.45) is 0 Å². The number of benzene rings is 1. The van der Waals surface area contributed by atoms with Gasteiger partial charge in [-0.05, 0) is 11.6 Å². The first-order chi connectivity index (χ1) is 7.50. The molecule has 0 spiro atoms. The molecule has 0 saturated heterocycles. The van der Waals surface area contributed by atoms with Crippen LogP contribution in [0.25, 0.3) is 0 Å². The molecule has 0 fully saturated rings. The third kappa shape index (κ3) is 3.36. The molecule has 1 aromatic rings. The van der Waals surface area contributed by atoms with Crippen molar-refractivity contribution in [1.82, 2.24) is 10.4 Å². The summed E-state index contributed by atoms with van der Waals surface area (Å²) in [6.07, 6.45) is 0.0562. The summed E-state index contributed by atoms with van der Waals surface area (Å²) in [5, 5.41) is 10.4. The van der Waals surface area contributed by atoms with Gasteiger partial charge in [-0.3, -0.25) is 10.2 Å². The van der Waals surface area contributed by atoms with Crippen molar-refractivity contribution in [2.75, 3.05) is 14.1 Å². The summed E-state index contributed by atoms with van der Waals surface area (Å²) in [4.78, 5) is 22.3. The lowest BCUT2D eigenvalue weighted by Crippen LogP contribution is -2.37. The largest absolute Gasteiger partial charge is 0.478 e. The highest BCUT2D eigenvalue weighted by Crippen LogP contribution is 2.09. The molecule has 1 rings (SSSR count). The predicted octanol–water partition coefficient (Wildman–Crippen LogP) is 0.520. The Kier molecular flexibility index (Phi) is 4.02. The zero-order valence-electron chi connectivity index (χ0n) is 9.23. The number of rotatable bonds is 4. The summed E-state index contributed by atoms with van der Waals surface area (Å²) >= 11 is 0. The normalized spacial score (nSPS) is 10.2. The van der Waals surface area contributed by atoms with Crippen LogP contribution in [0.5, 0.6) is 0 Å². The number of hydrazine groups is 1. The fourth-order valence-corrected chi connectivity index (χ4v) is 1.35. The Morgan fingerprint density at radius 1 is 1.31 bits per heavy atom. The van der Waals surface area contributed by atoms with Gasteiger partial charge in [0.1, 0.15) is 0 Å². The third-order valence-corrected chi connectivity index (χ3v) is 1.95. The highest BCUT2D eigenvalue weighted by molar-refractivity contribution is 5.91. The lowest BCUT2D eigenvalue weighted by atomic mass is 10.0. The van der Waals surface area contributed by atoms with E-state index in [0.29, 0.717) is 5.56 Å². The number of nitrogens with one attached hydrogen (secondary N) is 1. The van der Waals surface area contributed by atoms with E-state index >= 15 is 0 Å². The van der Waals surface area contributed by atoms with Crippen molar-refractivity contribution in [3.8, 4) is 0 Å². The number of aromatic carboxylic acids is 1. The number of amides is 1. The minimum absolute atomic E-state index is 0.0562. The summed E-state index contributed by atoms with van der Waals surface area (Å²) in [5.74, 6) is -1.26. The summed E-state index contributed by atoms with van der Waals surface area (Å²) in [5.41, 5.74) is 3.23. The summed E-state index contributed by atoms with van der Waals surface area (Å²) < 4.78 is 0. The Hall–Kier alpha value is -1.88. The molecule has 0 aliphatic carbocycles. The van der Waals surface area contributed by atoms with Gasteiger partial charge in [0.05, 0.1) is 12.0 Å². The Labute approximate surface area is 93.7 Å². The molecule has 0 aliphatic rings. The second kappa shape index (κ2) is 5.27. The fraction of sp³-hybridized carbons (Fsp3) is 0.273. The molecule has 16 heavy (non-hydrogen) atoms. The van der Waals surface area contributed by atoms with E-state index in [2.05, 4.69) is 5.43 Å². The van der Waals surface area contributed by atoms with Crippen LogP contribution < -0.4 is 5.43 Å². The quantitative estimate of drug-likeness (QED) is 0.729. The zero-order chi connectivity index (χ0) is 12.1. The number of carbonyl (C=O) groups is 2. The highest BCUT2D eigenvalue weighted by Gasteiger charge is 2.12. The molecule has 0 radical (unpaired) electrons. The zero-order valence-corrected chi connectivity index (χ0v) is 9.23. The minimum atomic E-state index is -1.02. The molecule has 5 heteroatoms. The van der Waals surface area contributed by atoms with Crippen molar-refractivity contribution < 1.29 is 14.7 Å². The van der Waals surface area contributed by atoms with Crippen LogP contribution in [-0.4, -0.2) is 36.1 Å². The van der Waals surface area contributed by atoms with E-state index < -0.39 is 5.97 Å². The molecular formula is C11H14N2O3. The molecule has 0 aliphatic heterocycles. The molecule has 2 N–H and O–H groups in total. The molecule has 1 aromatic carbocycles. The number of hydrogen-bond acceptors (Lipinski definition) is 3. The van der Waals surface area contributed by atoms with Crippen molar-refractivity contribution >= 4 is 11.9 Å². The first-order valence-electron chi connectivity index (χ1n) is 4.78. The van der Waals surface area contributed by atoms with Gasteiger partial charge in [0, 0.05) is 14.1 Å². The second-order valence-corrected chi connectivity index (χ2v) is 3.57. The van der Waals surface area contributed by atoms with E-state index in [1.54, 1.807) is 32.3 Å². The predicted molar refractivity (Wildman–Crippen MR) is 58.9 cm³/mol. The van der Waals surface area contributed by atoms with Gasteiger partial charge in [-0.1, -0.05) is 18.2 Å².